The number of para-hydroxylation sites is 1. The number of H-pyrrole nitrogens is 1. The molecule has 0 radical (unpaired) electrons. The molecule has 4 heteroatoms. The number of benzene rings is 1. The van der Waals surface area contributed by atoms with E-state index in [1.165, 1.54) is 0 Å². The van der Waals surface area contributed by atoms with Crippen molar-refractivity contribution in [1.29, 1.82) is 0 Å². The molecule has 120 valence electrons. The van der Waals surface area contributed by atoms with E-state index in [-0.39, 0.29) is 5.91 Å². The molecule has 1 aromatic carbocycles. The number of nitrogens with one attached hydrogen (secondary N) is 2. The standard InChI is InChI=1S/C18H26N2O2/c1-13(2)12-22-10-6-9-19-18(21)11-16-14(3)20-17-8-5-4-7-15(16)17/h4-5,7-8,13,20H,6,9-12H2,1-3H3,(H,19,21). The first-order valence-corrected chi connectivity index (χ1v) is 7.98. The van der Waals surface area contributed by atoms with Gasteiger partial charge in [0.1, 0.15) is 0 Å². The smallest absolute Gasteiger partial charge is 0.224 e. The molecule has 1 amide bonds. The molecule has 2 aromatic rings. The van der Waals surface area contributed by atoms with Gasteiger partial charge in [-0.25, -0.2) is 0 Å². The molecule has 0 bridgehead atoms. The topological polar surface area (TPSA) is 54.1 Å². The molecule has 2 rings (SSSR count). The van der Waals surface area contributed by atoms with Crippen LogP contribution in [0.25, 0.3) is 10.9 Å². The van der Waals surface area contributed by atoms with E-state index < -0.39 is 0 Å². The molecule has 1 aromatic heterocycles. The maximum Gasteiger partial charge on any atom is 0.224 e. The molecular formula is C18H26N2O2. The summed E-state index contributed by atoms with van der Waals surface area (Å²) in [6, 6.07) is 8.10. The number of aryl methyl sites for hydroxylation is 1. The Balaban J connectivity index is 1.78. The van der Waals surface area contributed by atoms with E-state index in [1.807, 2.05) is 25.1 Å². The largest absolute Gasteiger partial charge is 0.381 e. The van der Waals surface area contributed by atoms with Crippen LogP contribution >= 0.6 is 0 Å². The lowest BCUT2D eigenvalue weighted by Crippen LogP contribution is -2.27. The van der Waals surface area contributed by atoms with Gasteiger partial charge in [-0.3, -0.25) is 4.79 Å². The lowest BCUT2D eigenvalue weighted by molar-refractivity contribution is -0.120. The lowest BCUT2D eigenvalue weighted by Gasteiger charge is -2.08. The molecule has 1 heterocycles. The fourth-order valence-corrected chi connectivity index (χ4v) is 2.51. The number of hydrogen-bond acceptors (Lipinski definition) is 2. The van der Waals surface area contributed by atoms with Crippen LogP contribution in [0.5, 0.6) is 0 Å². The van der Waals surface area contributed by atoms with Crippen LogP contribution < -0.4 is 5.32 Å². The molecule has 0 saturated carbocycles. The van der Waals surface area contributed by atoms with Crippen LogP contribution in [0.3, 0.4) is 0 Å². The number of rotatable bonds is 8. The molecular weight excluding hydrogens is 276 g/mol. The average Bonchev–Trinajstić information content (AvgIpc) is 2.79. The van der Waals surface area contributed by atoms with E-state index >= 15 is 0 Å². The van der Waals surface area contributed by atoms with Gasteiger partial charge >= 0.3 is 0 Å². The summed E-state index contributed by atoms with van der Waals surface area (Å²) < 4.78 is 5.50. The van der Waals surface area contributed by atoms with Crippen molar-refractivity contribution >= 4 is 16.8 Å². The molecule has 0 aliphatic rings. The normalized spacial score (nSPS) is 11.3. The number of hydrogen-bond donors (Lipinski definition) is 2. The minimum atomic E-state index is 0.0664. The van der Waals surface area contributed by atoms with Gasteiger partial charge in [0.05, 0.1) is 6.42 Å². The first-order valence-electron chi connectivity index (χ1n) is 7.98. The first kappa shape index (κ1) is 16.6. The zero-order chi connectivity index (χ0) is 15.9. The van der Waals surface area contributed by atoms with Crippen LogP contribution in [0.15, 0.2) is 24.3 Å². The molecule has 2 N–H and O–H groups in total. The summed E-state index contributed by atoms with van der Waals surface area (Å²) >= 11 is 0. The Morgan fingerprint density at radius 3 is 2.86 bits per heavy atom. The van der Waals surface area contributed by atoms with E-state index in [1.54, 1.807) is 0 Å². The number of carbonyl (C=O) groups is 1. The summed E-state index contributed by atoms with van der Waals surface area (Å²) in [5.41, 5.74) is 3.24. The molecule has 0 atom stereocenters. The Labute approximate surface area is 132 Å². The lowest BCUT2D eigenvalue weighted by atomic mass is 10.1. The van der Waals surface area contributed by atoms with E-state index in [0.717, 1.165) is 35.2 Å². The summed E-state index contributed by atoms with van der Waals surface area (Å²) in [5, 5.41) is 4.10. The fourth-order valence-electron chi connectivity index (χ4n) is 2.51. The highest BCUT2D eigenvalue weighted by molar-refractivity contribution is 5.90. The second kappa shape index (κ2) is 7.99. The minimum absolute atomic E-state index is 0.0664. The van der Waals surface area contributed by atoms with E-state index in [0.29, 0.717) is 25.5 Å². The SMILES string of the molecule is Cc1[nH]c2ccccc2c1CC(=O)NCCCOCC(C)C. The summed E-state index contributed by atoms with van der Waals surface area (Å²) in [6.45, 7) is 8.42. The van der Waals surface area contributed by atoms with Gasteiger partial charge in [0.15, 0.2) is 0 Å². The van der Waals surface area contributed by atoms with Crippen molar-refractivity contribution in [2.75, 3.05) is 19.8 Å². The summed E-state index contributed by atoms with van der Waals surface area (Å²) in [5.74, 6) is 0.621. The molecule has 0 fully saturated rings. The molecule has 0 aliphatic heterocycles. The number of aromatic nitrogens is 1. The molecule has 0 spiro atoms. The van der Waals surface area contributed by atoms with Crippen LogP contribution in [0.1, 0.15) is 31.5 Å². The Kier molecular flexibility index (Phi) is 6.01. The first-order chi connectivity index (χ1) is 10.6. The Bertz CT molecular complexity index is 617. The van der Waals surface area contributed by atoms with Gasteiger partial charge in [0, 0.05) is 36.4 Å². The average molecular weight is 302 g/mol. The van der Waals surface area contributed by atoms with Crippen LogP contribution in [0.2, 0.25) is 0 Å². The van der Waals surface area contributed by atoms with E-state index in [2.05, 4.69) is 30.2 Å². The number of amides is 1. The van der Waals surface area contributed by atoms with Crippen molar-refractivity contribution in [1.82, 2.24) is 10.3 Å². The quantitative estimate of drug-likeness (QED) is 0.736. The molecule has 0 unspecified atom stereocenters. The van der Waals surface area contributed by atoms with Crippen LogP contribution in [0.4, 0.5) is 0 Å². The molecule has 0 saturated heterocycles. The van der Waals surface area contributed by atoms with Crippen molar-refractivity contribution in [2.45, 2.75) is 33.6 Å². The number of aromatic amines is 1. The van der Waals surface area contributed by atoms with Crippen LogP contribution in [0, 0.1) is 12.8 Å². The van der Waals surface area contributed by atoms with Crippen molar-refractivity contribution < 1.29 is 9.53 Å². The number of ether oxygens (including phenoxy) is 1. The van der Waals surface area contributed by atoms with Gasteiger partial charge in [-0.15, -0.1) is 0 Å². The predicted octanol–water partition coefficient (Wildman–Crippen LogP) is 3.20. The van der Waals surface area contributed by atoms with Crippen molar-refractivity contribution in [3.8, 4) is 0 Å². The van der Waals surface area contributed by atoms with E-state index in [4.69, 9.17) is 4.74 Å². The predicted molar refractivity (Wildman–Crippen MR) is 90.0 cm³/mol. The van der Waals surface area contributed by atoms with Gasteiger partial charge < -0.3 is 15.0 Å². The van der Waals surface area contributed by atoms with Crippen molar-refractivity contribution in [3.05, 3.63) is 35.5 Å². The minimum Gasteiger partial charge on any atom is -0.381 e. The highest BCUT2D eigenvalue weighted by Crippen LogP contribution is 2.22. The maximum absolute atomic E-state index is 12.1. The number of fused-ring (bicyclic) bond motifs is 1. The monoisotopic (exact) mass is 302 g/mol. The van der Waals surface area contributed by atoms with Crippen LogP contribution in [-0.2, 0) is 16.0 Å². The molecule has 22 heavy (non-hydrogen) atoms. The highest BCUT2D eigenvalue weighted by Gasteiger charge is 2.11. The van der Waals surface area contributed by atoms with Crippen molar-refractivity contribution in [2.24, 2.45) is 5.92 Å². The zero-order valence-electron chi connectivity index (χ0n) is 13.7. The highest BCUT2D eigenvalue weighted by atomic mass is 16.5. The van der Waals surface area contributed by atoms with Crippen LogP contribution in [-0.4, -0.2) is 30.6 Å². The Morgan fingerprint density at radius 1 is 1.32 bits per heavy atom. The second-order valence-corrected chi connectivity index (χ2v) is 6.12. The van der Waals surface area contributed by atoms with Gasteiger partial charge in [0.25, 0.3) is 0 Å². The summed E-state index contributed by atoms with van der Waals surface area (Å²) in [4.78, 5) is 15.4. The second-order valence-electron chi connectivity index (χ2n) is 6.12. The number of carbonyl (C=O) groups excluding carboxylic acids is 1. The van der Waals surface area contributed by atoms with Gasteiger partial charge in [-0.1, -0.05) is 32.0 Å². The summed E-state index contributed by atoms with van der Waals surface area (Å²) in [6.07, 6.45) is 1.27. The molecule has 0 aliphatic carbocycles. The van der Waals surface area contributed by atoms with Gasteiger partial charge in [-0.05, 0) is 30.9 Å². The van der Waals surface area contributed by atoms with E-state index in [9.17, 15) is 4.79 Å². The Hall–Kier alpha value is -1.81. The van der Waals surface area contributed by atoms with Gasteiger partial charge in [0.2, 0.25) is 5.91 Å². The summed E-state index contributed by atoms with van der Waals surface area (Å²) in [7, 11) is 0. The Morgan fingerprint density at radius 2 is 2.09 bits per heavy atom. The third-order valence-corrected chi connectivity index (χ3v) is 3.60. The third kappa shape index (κ3) is 4.60. The maximum atomic E-state index is 12.1. The third-order valence-electron chi connectivity index (χ3n) is 3.60. The molecule has 4 nitrogen and oxygen atoms in total. The van der Waals surface area contributed by atoms with Gasteiger partial charge in [-0.2, -0.15) is 0 Å². The zero-order valence-corrected chi connectivity index (χ0v) is 13.7. The van der Waals surface area contributed by atoms with Crippen molar-refractivity contribution in [3.63, 3.8) is 0 Å². The fraction of sp³-hybridized carbons (Fsp3) is 0.500.